The van der Waals surface area contributed by atoms with Crippen LogP contribution in [-0.4, -0.2) is 52.8 Å². The molecule has 2 aromatic rings. The normalized spacial score (nSPS) is 16.6. The number of amides is 1. The Labute approximate surface area is 198 Å². The van der Waals surface area contributed by atoms with E-state index in [4.69, 9.17) is 9.15 Å². The van der Waals surface area contributed by atoms with Crippen molar-refractivity contribution in [2.24, 2.45) is 11.3 Å². The lowest BCUT2D eigenvalue weighted by Crippen LogP contribution is -2.47. The van der Waals surface area contributed by atoms with Crippen molar-refractivity contribution in [1.29, 1.82) is 0 Å². The fourth-order valence-electron chi connectivity index (χ4n) is 4.70. The van der Waals surface area contributed by atoms with Crippen LogP contribution in [0.25, 0.3) is 11.3 Å². The predicted octanol–water partition coefficient (Wildman–Crippen LogP) is 3.53. The monoisotopic (exact) mass is 472 g/mol. The summed E-state index contributed by atoms with van der Waals surface area (Å²) in [5, 5.41) is 22.0. The molecule has 1 aliphatic rings. The highest BCUT2D eigenvalue weighted by atomic mass is 16.5. The average molecular weight is 473 g/mol. The first kappa shape index (κ1) is 25.4. The zero-order chi connectivity index (χ0) is 24.6. The third kappa shape index (κ3) is 6.66. The van der Waals surface area contributed by atoms with E-state index in [-0.39, 0.29) is 25.2 Å². The zero-order valence-electron chi connectivity index (χ0n) is 19.4. The smallest absolute Gasteiger partial charge is 0.306 e. The molecule has 0 unspecified atom stereocenters. The summed E-state index contributed by atoms with van der Waals surface area (Å²) in [5.41, 5.74) is 0.0139. The third-order valence-corrected chi connectivity index (χ3v) is 6.49. The van der Waals surface area contributed by atoms with Crippen LogP contribution in [-0.2, 0) is 25.5 Å². The van der Waals surface area contributed by atoms with Gasteiger partial charge in [0, 0.05) is 31.7 Å². The number of carboxylic acid groups (broad SMARTS) is 2. The number of aromatic nitrogens is 1. The van der Waals surface area contributed by atoms with Crippen molar-refractivity contribution in [3.63, 3.8) is 0 Å². The summed E-state index contributed by atoms with van der Waals surface area (Å²) >= 11 is 0. The summed E-state index contributed by atoms with van der Waals surface area (Å²) in [6, 6.07) is 8.68. The number of carbonyl (C=O) groups is 3. The summed E-state index contributed by atoms with van der Waals surface area (Å²) < 4.78 is 10.8. The molecule has 9 heteroatoms. The minimum Gasteiger partial charge on any atom is -0.481 e. The molecule has 2 atom stereocenters. The molecule has 1 fully saturated rings. The van der Waals surface area contributed by atoms with Crippen molar-refractivity contribution in [3.05, 3.63) is 42.4 Å². The first-order valence-corrected chi connectivity index (χ1v) is 11.6. The number of aliphatic carboxylic acids is 2. The van der Waals surface area contributed by atoms with Gasteiger partial charge in [-0.05, 0) is 25.7 Å². The fourth-order valence-corrected chi connectivity index (χ4v) is 4.70. The lowest BCUT2D eigenvalue weighted by Gasteiger charge is -2.32. The summed E-state index contributed by atoms with van der Waals surface area (Å²) in [4.78, 5) is 41.0. The van der Waals surface area contributed by atoms with Gasteiger partial charge in [0.2, 0.25) is 5.91 Å². The Hall–Kier alpha value is -3.20. The molecule has 1 aromatic heterocycles. The van der Waals surface area contributed by atoms with E-state index < -0.39 is 29.3 Å². The van der Waals surface area contributed by atoms with Crippen LogP contribution in [0.5, 0.6) is 0 Å². The molecule has 0 spiro atoms. The molecule has 0 aliphatic heterocycles. The van der Waals surface area contributed by atoms with Gasteiger partial charge < -0.3 is 24.7 Å². The Balaban J connectivity index is 1.74. The van der Waals surface area contributed by atoms with E-state index in [0.717, 1.165) is 18.4 Å². The van der Waals surface area contributed by atoms with Crippen LogP contribution in [0.15, 0.2) is 40.9 Å². The molecule has 1 aliphatic carbocycles. The van der Waals surface area contributed by atoms with Gasteiger partial charge in [-0.15, -0.1) is 0 Å². The standard InChI is InChI=1S/C25H32N2O7/c1-33-12-9-18(23(30)31)15-25(10-5-6-11-25)24(32)27-19(14-22(28)29)13-21-26-16-20(34-21)17-7-3-2-4-8-17/h2-4,7-8,16,18-19H,5-6,9-15H2,1H3,(H,27,32)(H,28,29)(H,30,31)/t18-,19+/m1/s1. The summed E-state index contributed by atoms with van der Waals surface area (Å²) in [5.74, 6) is -2.12. The van der Waals surface area contributed by atoms with Crippen molar-refractivity contribution >= 4 is 17.8 Å². The third-order valence-electron chi connectivity index (χ3n) is 6.49. The Morgan fingerprint density at radius 2 is 1.88 bits per heavy atom. The Morgan fingerprint density at radius 1 is 1.18 bits per heavy atom. The van der Waals surface area contributed by atoms with Gasteiger partial charge in [0.25, 0.3) is 0 Å². The minimum absolute atomic E-state index is 0.118. The molecular weight excluding hydrogens is 440 g/mol. The van der Waals surface area contributed by atoms with Gasteiger partial charge in [0.05, 0.1) is 24.0 Å². The van der Waals surface area contributed by atoms with Crippen molar-refractivity contribution in [3.8, 4) is 11.3 Å². The quantitative estimate of drug-likeness (QED) is 0.402. The molecule has 184 valence electrons. The Kier molecular flexibility index (Phi) is 8.81. The van der Waals surface area contributed by atoms with E-state index in [9.17, 15) is 24.6 Å². The van der Waals surface area contributed by atoms with Crippen LogP contribution in [0.4, 0.5) is 0 Å². The summed E-state index contributed by atoms with van der Waals surface area (Å²) in [7, 11) is 1.51. The number of hydrogen-bond donors (Lipinski definition) is 3. The number of methoxy groups -OCH3 is 1. The summed E-state index contributed by atoms with van der Waals surface area (Å²) in [6.45, 7) is 0.296. The molecule has 1 heterocycles. The first-order valence-electron chi connectivity index (χ1n) is 11.6. The topological polar surface area (TPSA) is 139 Å². The van der Waals surface area contributed by atoms with Crippen molar-refractivity contribution in [2.45, 2.75) is 57.4 Å². The number of carbonyl (C=O) groups excluding carboxylic acids is 1. The average Bonchev–Trinajstić information content (AvgIpc) is 3.47. The molecule has 0 bridgehead atoms. The van der Waals surface area contributed by atoms with Gasteiger partial charge in [-0.2, -0.15) is 0 Å². The van der Waals surface area contributed by atoms with E-state index in [1.54, 1.807) is 6.20 Å². The molecule has 0 radical (unpaired) electrons. The Bertz CT molecular complexity index is 967. The molecular formula is C25H32N2O7. The highest BCUT2D eigenvalue weighted by Gasteiger charge is 2.44. The Morgan fingerprint density at radius 3 is 2.50 bits per heavy atom. The molecule has 34 heavy (non-hydrogen) atoms. The van der Waals surface area contributed by atoms with Gasteiger partial charge in [-0.25, -0.2) is 4.98 Å². The van der Waals surface area contributed by atoms with Gasteiger partial charge in [-0.3, -0.25) is 14.4 Å². The second kappa shape index (κ2) is 11.8. The van der Waals surface area contributed by atoms with E-state index in [2.05, 4.69) is 10.3 Å². The highest BCUT2D eigenvalue weighted by molar-refractivity contribution is 5.84. The molecule has 1 amide bonds. The van der Waals surface area contributed by atoms with Crippen LogP contribution in [0.3, 0.4) is 0 Å². The number of hydrogen-bond acceptors (Lipinski definition) is 6. The molecule has 1 aromatic carbocycles. The number of nitrogens with one attached hydrogen (secondary N) is 1. The van der Waals surface area contributed by atoms with Gasteiger partial charge in [0.1, 0.15) is 0 Å². The molecule has 9 nitrogen and oxygen atoms in total. The van der Waals surface area contributed by atoms with Crippen molar-refractivity contribution in [1.82, 2.24) is 10.3 Å². The highest BCUT2D eigenvalue weighted by Crippen LogP contribution is 2.44. The van der Waals surface area contributed by atoms with Crippen LogP contribution in [0.1, 0.15) is 50.8 Å². The lowest BCUT2D eigenvalue weighted by molar-refractivity contribution is -0.145. The fraction of sp³-hybridized carbons (Fsp3) is 0.520. The number of oxazole rings is 1. The lowest BCUT2D eigenvalue weighted by atomic mass is 9.75. The van der Waals surface area contributed by atoms with Gasteiger partial charge >= 0.3 is 11.9 Å². The molecule has 3 N–H and O–H groups in total. The van der Waals surface area contributed by atoms with Crippen LogP contribution in [0, 0.1) is 11.3 Å². The van der Waals surface area contributed by atoms with Crippen molar-refractivity contribution < 1.29 is 33.8 Å². The number of carboxylic acids is 2. The number of ether oxygens (including phenoxy) is 1. The van der Waals surface area contributed by atoms with Crippen LogP contribution >= 0.6 is 0 Å². The predicted molar refractivity (Wildman–Crippen MR) is 123 cm³/mol. The van der Waals surface area contributed by atoms with Crippen LogP contribution < -0.4 is 5.32 Å². The van der Waals surface area contributed by atoms with Gasteiger partial charge in [-0.1, -0.05) is 43.2 Å². The van der Waals surface area contributed by atoms with E-state index in [1.165, 1.54) is 7.11 Å². The largest absolute Gasteiger partial charge is 0.481 e. The SMILES string of the molecule is COCC[C@H](CC1(C(=O)N[C@H](CC(=O)O)Cc2ncc(-c3ccccc3)o2)CCCC1)C(=O)O. The van der Waals surface area contributed by atoms with Crippen molar-refractivity contribution in [2.75, 3.05) is 13.7 Å². The second-order valence-electron chi connectivity index (χ2n) is 8.96. The van der Waals surface area contributed by atoms with Gasteiger partial charge in [0.15, 0.2) is 11.7 Å². The van der Waals surface area contributed by atoms with E-state index >= 15 is 0 Å². The maximum Gasteiger partial charge on any atom is 0.306 e. The minimum atomic E-state index is -1.05. The summed E-state index contributed by atoms with van der Waals surface area (Å²) in [6.07, 6.45) is 4.73. The van der Waals surface area contributed by atoms with E-state index in [1.807, 2.05) is 30.3 Å². The first-order chi connectivity index (χ1) is 16.3. The van der Waals surface area contributed by atoms with Crippen LogP contribution in [0.2, 0.25) is 0 Å². The maximum atomic E-state index is 13.4. The molecule has 1 saturated carbocycles. The molecule has 3 rings (SSSR count). The number of benzene rings is 1. The number of nitrogens with zero attached hydrogens (tertiary/aromatic N) is 1. The van der Waals surface area contributed by atoms with E-state index in [0.29, 0.717) is 37.5 Å². The zero-order valence-corrected chi connectivity index (χ0v) is 19.4. The molecule has 0 saturated heterocycles. The second-order valence-corrected chi connectivity index (χ2v) is 8.96. The maximum absolute atomic E-state index is 13.4. The number of rotatable bonds is 13.